The third kappa shape index (κ3) is 3.59. The van der Waals surface area contributed by atoms with Crippen molar-refractivity contribution < 1.29 is 14.3 Å². The maximum atomic E-state index is 12.2. The number of rotatable bonds is 3. The van der Waals surface area contributed by atoms with Crippen molar-refractivity contribution in [1.82, 2.24) is 10.2 Å². The van der Waals surface area contributed by atoms with Gasteiger partial charge in [-0.2, -0.15) is 0 Å². The van der Waals surface area contributed by atoms with Gasteiger partial charge in [0, 0.05) is 32.5 Å². The Kier molecular flexibility index (Phi) is 4.64. The van der Waals surface area contributed by atoms with Gasteiger partial charge in [-0.1, -0.05) is 29.8 Å². The summed E-state index contributed by atoms with van der Waals surface area (Å²) in [6, 6.07) is 8.40. The van der Waals surface area contributed by atoms with Crippen LogP contribution >= 0.6 is 0 Å². The highest BCUT2D eigenvalue weighted by atomic mass is 16.7. The van der Waals surface area contributed by atoms with Crippen LogP contribution in [0.4, 0.5) is 4.79 Å². The molecule has 0 atom stereocenters. The molecule has 0 radical (unpaired) electrons. The zero-order valence-corrected chi connectivity index (χ0v) is 13.1. The molecule has 5 nitrogen and oxygen atoms in total. The molecular weight excluding hydrogens is 280 g/mol. The average Bonchev–Trinajstić information content (AvgIpc) is 2.96. The number of carbonyl (C=O) groups is 1. The maximum absolute atomic E-state index is 12.2. The minimum atomic E-state index is -0.418. The number of amides is 2. The van der Waals surface area contributed by atoms with E-state index in [1.807, 2.05) is 4.90 Å². The summed E-state index contributed by atoms with van der Waals surface area (Å²) >= 11 is 0. The second-order valence-corrected chi connectivity index (χ2v) is 6.07. The molecule has 1 spiro atoms. The summed E-state index contributed by atoms with van der Waals surface area (Å²) in [4.78, 5) is 14.0. The molecule has 1 aromatic carbocycles. The molecule has 0 aliphatic carbocycles. The maximum Gasteiger partial charge on any atom is 0.317 e. The van der Waals surface area contributed by atoms with E-state index in [1.165, 1.54) is 11.1 Å². The molecule has 1 aromatic rings. The number of nitrogens with zero attached hydrogens (tertiary/aromatic N) is 1. The van der Waals surface area contributed by atoms with Crippen molar-refractivity contribution in [3.8, 4) is 0 Å². The van der Waals surface area contributed by atoms with Gasteiger partial charge in [-0.05, 0) is 18.9 Å². The van der Waals surface area contributed by atoms with Gasteiger partial charge in [0.15, 0.2) is 5.79 Å². The normalized spacial score (nSPS) is 20.3. The van der Waals surface area contributed by atoms with E-state index < -0.39 is 5.79 Å². The fraction of sp³-hybridized carbons (Fsp3) is 0.588. The predicted octanol–water partition coefficient (Wildman–Crippen LogP) is 2.09. The zero-order chi connectivity index (χ0) is 15.4. The summed E-state index contributed by atoms with van der Waals surface area (Å²) in [5, 5.41) is 3.00. The number of nitrogens with one attached hydrogen (secondary N) is 1. The lowest BCUT2D eigenvalue weighted by molar-refractivity contribution is -0.181. The highest BCUT2D eigenvalue weighted by molar-refractivity contribution is 5.74. The average molecular weight is 304 g/mol. The van der Waals surface area contributed by atoms with Crippen LogP contribution < -0.4 is 5.32 Å². The lowest BCUT2D eigenvalue weighted by Crippen LogP contribution is -2.50. The van der Waals surface area contributed by atoms with Crippen molar-refractivity contribution in [1.29, 1.82) is 0 Å². The molecule has 0 unspecified atom stereocenters. The first-order chi connectivity index (χ1) is 10.7. The van der Waals surface area contributed by atoms with E-state index in [0.717, 1.165) is 19.3 Å². The van der Waals surface area contributed by atoms with Crippen LogP contribution in [-0.4, -0.2) is 49.6 Å². The summed E-state index contributed by atoms with van der Waals surface area (Å²) in [5.74, 6) is -0.418. The minimum absolute atomic E-state index is 0.0144. The van der Waals surface area contributed by atoms with E-state index in [9.17, 15) is 4.79 Å². The van der Waals surface area contributed by atoms with E-state index in [1.54, 1.807) is 0 Å². The number of piperidine rings is 1. The van der Waals surface area contributed by atoms with Crippen LogP contribution in [0.5, 0.6) is 0 Å². The standard InChI is InChI=1S/C17H24N2O3/c1-14-3-2-4-15(13-14)5-8-18-16(20)19-9-6-17(7-10-19)21-11-12-22-17/h2-4,13H,5-12H2,1H3,(H,18,20). The van der Waals surface area contributed by atoms with Crippen molar-refractivity contribution >= 4 is 6.03 Å². The number of carbonyl (C=O) groups excluding carboxylic acids is 1. The van der Waals surface area contributed by atoms with E-state index in [2.05, 4.69) is 36.5 Å². The first-order valence-electron chi connectivity index (χ1n) is 8.03. The molecule has 2 aliphatic rings. The summed E-state index contributed by atoms with van der Waals surface area (Å²) in [6.07, 6.45) is 2.38. The second-order valence-electron chi connectivity index (χ2n) is 6.07. The van der Waals surface area contributed by atoms with Crippen molar-refractivity contribution in [2.75, 3.05) is 32.8 Å². The fourth-order valence-electron chi connectivity index (χ4n) is 3.13. The van der Waals surface area contributed by atoms with Gasteiger partial charge in [0.05, 0.1) is 13.2 Å². The summed E-state index contributed by atoms with van der Waals surface area (Å²) in [6.45, 7) is 5.47. The van der Waals surface area contributed by atoms with Crippen molar-refractivity contribution in [2.24, 2.45) is 0 Å². The number of urea groups is 1. The first-order valence-corrected chi connectivity index (χ1v) is 8.03. The van der Waals surface area contributed by atoms with Crippen LogP contribution in [0.1, 0.15) is 24.0 Å². The van der Waals surface area contributed by atoms with Crippen LogP contribution in [0.2, 0.25) is 0 Å². The topological polar surface area (TPSA) is 50.8 Å². The van der Waals surface area contributed by atoms with Crippen LogP contribution in [-0.2, 0) is 15.9 Å². The molecule has 2 aliphatic heterocycles. The molecule has 0 saturated carbocycles. The van der Waals surface area contributed by atoms with E-state index >= 15 is 0 Å². The summed E-state index contributed by atoms with van der Waals surface area (Å²) in [7, 11) is 0. The highest BCUT2D eigenvalue weighted by Gasteiger charge is 2.40. The molecule has 0 aromatic heterocycles. The summed E-state index contributed by atoms with van der Waals surface area (Å²) < 4.78 is 11.4. The Morgan fingerprint density at radius 2 is 2.00 bits per heavy atom. The number of hydrogen-bond donors (Lipinski definition) is 1. The summed E-state index contributed by atoms with van der Waals surface area (Å²) in [5.41, 5.74) is 2.51. The van der Waals surface area contributed by atoms with E-state index in [0.29, 0.717) is 32.8 Å². The number of ether oxygens (including phenoxy) is 2. The van der Waals surface area contributed by atoms with Gasteiger partial charge in [-0.25, -0.2) is 4.79 Å². The first kappa shape index (κ1) is 15.3. The third-order valence-corrected chi connectivity index (χ3v) is 4.40. The molecule has 0 bridgehead atoms. The Morgan fingerprint density at radius 3 is 2.68 bits per heavy atom. The van der Waals surface area contributed by atoms with Gasteiger partial charge >= 0.3 is 6.03 Å². The molecule has 5 heteroatoms. The fourth-order valence-corrected chi connectivity index (χ4v) is 3.13. The molecule has 2 saturated heterocycles. The lowest BCUT2D eigenvalue weighted by atomic mass is 10.0. The Hall–Kier alpha value is -1.59. The molecule has 3 rings (SSSR count). The minimum Gasteiger partial charge on any atom is -0.347 e. The molecule has 2 amide bonds. The Bertz CT molecular complexity index is 516. The smallest absolute Gasteiger partial charge is 0.317 e. The number of aryl methyl sites for hydroxylation is 1. The molecule has 1 N–H and O–H groups in total. The second kappa shape index (κ2) is 6.67. The zero-order valence-electron chi connectivity index (χ0n) is 13.1. The monoisotopic (exact) mass is 304 g/mol. The van der Waals surface area contributed by atoms with Crippen LogP contribution in [0.15, 0.2) is 24.3 Å². The lowest BCUT2D eigenvalue weighted by Gasteiger charge is -2.37. The number of benzene rings is 1. The largest absolute Gasteiger partial charge is 0.347 e. The third-order valence-electron chi connectivity index (χ3n) is 4.40. The van der Waals surface area contributed by atoms with Gasteiger partial charge < -0.3 is 19.7 Å². The van der Waals surface area contributed by atoms with Gasteiger partial charge in [-0.15, -0.1) is 0 Å². The predicted molar refractivity (Wildman–Crippen MR) is 83.7 cm³/mol. The van der Waals surface area contributed by atoms with Crippen LogP contribution in [0, 0.1) is 6.92 Å². The van der Waals surface area contributed by atoms with E-state index in [-0.39, 0.29) is 6.03 Å². The quantitative estimate of drug-likeness (QED) is 0.930. The number of hydrogen-bond acceptors (Lipinski definition) is 3. The van der Waals surface area contributed by atoms with Gasteiger partial charge in [0.1, 0.15) is 0 Å². The Balaban J connectivity index is 1.41. The highest BCUT2D eigenvalue weighted by Crippen LogP contribution is 2.31. The molecule has 2 fully saturated rings. The SMILES string of the molecule is Cc1cccc(CCNC(=O)N2CCC3(CC2)OCCO3)c1. The van der Waals surface area contributed by atoms with Crippen molar-refractivity contribution in [3.63, 3.8) is 0 Å². The molecule has 22 heavy (non-hydrogen) atoms. The van der Waals surface area contributed by atoms with Gasteiger partial charge in [0.25, 0.3) is 0 Å². The Labute approximate surface area is 131 Å². The van der Waals surface area contributed by atoms with Crippen LogP contribution in [0.25, 0.3) is 0 Å². The van der Waals surface area contributed by atoms with E-state index in [4.69, 9.17) is 9.47 Å². The van der Waals surface area contributed by atoms with Gasteiger partial charge in [0.2, 0.25) is 0 Å². The van der Waals surface area contributed by atoms with Crippen molar-refractivity contribution in [3.05, 3.63) is 35.4 Å². The van der Waals surface area contributed by atoms with Crippen LogP contribution in [0.3, 0.4) is 0 Å². The molecular formula is C17H24N2O3. The van der Waals surface area contributed by atoms with Gasteiger partial charge in [-0.3, -0.25) is 0 Å². The Morgan fingerprint density at radius 1 is 1.27 bits per heavy atom. The van der Waals surface area contributed by atoms with Crippen molar-refractivity contribution in [2.45, 2.75) is 32.0 Å². The molecule has 2 heterocycles. The molecule has 120 valence electrons. The number of likely N-dealkylation sites (tertiary alicyclic amines) is 1.